The zero-order valence-electron chi connectivity index (χ0n) is 11.7. The third-order valence-electron chi connectivity index (χ3n) is 4.06. The van der Waals surface area contributed by atoms with Crippen molar-refractivity contribution in [2.75, 3.05) is 50.8 Å². The molecule has 3 rings (SSSR count). The van der Waals surface area contributed by atoms with Crippen molar-refractivity contribution in [2.24, 2.45) is 5.92 Å². The Hall–Kier alpha value is -0.910. The van der Waals surface area contributed by atoms with Gasteiger partial charge in [-0.1, -0.05) is 11.6 Å². The molecule has 3 heterocycles. The van der Waals surface area contributed by atoms with E-state index in [1.807, 2.05) is 6.20 Å². The van der Waals surface area contributed by atoms with Gasteiger partial charge in [-0.3, -0.25) is 9.88 Å². The number of nitrogens with zero attached hydrogens (tertiary/aromatic N) is 4. The summed E-state index contributed by atoms with van der Waals surface area (Å²) in [6, 6.07) is 0. The van der Waals surface area contributed by atoms with E-state index in [0.717, 1.165) is 51.8 Å². The van der Waals surface area contributed by atoms with E-state index in [2.05, 4.69) is 19.8 Å². The number of rotatable bonds is 3. The maximum absolute atomic E-state index is 5.93. The van der Waals surface area contributed by atoms with Gasteiger partial charge < -0.3 is 9.64 Å². The first-order valence-corrected chi connectivity index (χ1v) is 7.71. The summed E-state index contributed by atoms with van der Waals surface area (Å²) < 4.78 is 5.41. The van der Waals surface area contributed by atoms with Gasteiger partial charge in [0.15, 0.2) is 0 Å². The van der Waals surface area contributed by atoms with E-state index in [0.29, 0.717) is 11.1 Å². The number of anilines is 1. The SMILES string of the molecule is Clc1cncc(N2CCCC(CN3CCOCC3)C2)n1. The highest BCUT2D eigenvalue weighted by Gasteiger charge is 2.24. The average Bonchev–Trinajstić information content (AvgIpc) is 2.49. The summed E-state index contributed by atoms with van der Waals surface area (Å²) in [5.74, 6) is 1.60. The van der Waals surface area contributed by atoms with Gasteiger partial charge in [0.1, 0.15) is 11.0 Å². The van der Waals surface area contributed by atoms with Gasteiger partial charge in [-0.25, -0.2) is 4.98 Å². The lowest BCUT2D eigenvalue weighted by Crippen LogP contribution is -2.44. The maximum Gasteiger partial charge on any atom is 0.149 e. The van der Waals surface area contributed by atoms with E-state index >= 15 is 0 Å². The largest absolute Gasteiger partial charge is 0.379 e. The molecule has 2 fully saturated rings. The van der Waals surface area contributed by atoms with E-state index < -0.39 is 0 Å². The predicted octanol–water partition coefficient (Wildman–Crippen LogP) is 1.68. The van der Waals surface area contributed by atoms with Crippen LogP contribution in [-0.4, -0.2) is 60.8 Å². The number of ether oxygens (including phenoxy) is 1. The van der Waals surface area contributed by atoms with Crippen molar-refractivity contribution in [1.82, 2.24) is 14.9 Å². The first kappa shape index (κ1) is 14.0. The first-order chi connectivity index (χ1) is 9.81. The molecule has 1 aromatic heterocycles. The lowest BCUT2D eigenvalue weighted by molar-refractivity contribution is 0.0296. The molecule has 2 aliphatic rings. The minimum absolute atomic E-state index is 0.470. The van der Waals surface area contributed by atoms with Crippen molar-refractivity contribution in [2.45, 2.75) is 12.8 Å². The maximum atomic E-state index is 5.93. The highest BCUT2D eigenvalue weighted by atomic mass is 35.5. The normalized spacial score (nSPS) is 24.9. The summed E-state index contributed by atoms with van der Waals surface area (Å²) in [7, 11) is 0. The highest BCUT2D eigenvalue weighted by Crippen LogP contribution is 2.23. The summed E-state index contributed by atoms with van der Waals surface area (Å²) in [5, 5.41) is 0.470. The van der Waals surface area contributed by atoms with Crippen molar-refractivity contribution in [3.8, 4) is 0 Å². The van der Waals surface area contributed by atoms with Crippen molar-refractivity contribution in [1.29, 1.82) is 0 Å². The molecule has 0 N–H and O–H groups in total. The van der Waals surface area contributed by atoms with Crippen LogP contribution in [0.25, 0.3) is 0 Å². The fourth-order valence-corrected chi connectivity index (χ4v) is 3.20. The van der Waals surface area contributed by atoms with Crippen LogP contribution < -0.4 is 4.90 Å². The van der Waals surface area contributed by atoms with Crippen LogP contribution in [0.3, 0.4) is 0 Å². The number of piperidine rings is 1. The van der Waals surface area contributed by atoms with Crippen molar-refractivity contribution in [3.05, 3.63) is 17.5 Å². The molecule has 0 radical (unpaired) electrons. The summed E-state index contributed by atoms with van der Waals surface area (Å²) >= 11 is 5.93. The number of hydrogen-bond acceptors (Lipinski definition) is 5. The van der Waals surface area contributed by atoms with Gasteiger partial charge in [-0.05, 0) is 18.8 Å². The third-order valence-corrected chi connectivity index (χ3v) is 4.24. The van der Waals surface area contributed by atoms with Gasteiger partial charge >= 0.3 is 0 Å². The average molecular weight is 297 g/mol. The van der Waals surface area contributed by atoms with Crippen LogP contribution in [-0.2, 0) is 4.74 Å². The molecule has 2 aliphatic heterocycles. The monoisotopic (exact) mass is 296 g/mol. The molecule has 2 saturated heterocycles. The van der Waals surface area contributed by atoms with E-state index in [1.165, 1.54) is 12.8 Å². The smallest absolute Gasteiger partial charge is 0.149 e. The molecule has 0 amide bonds. The Bertz CT molecular complexity index is 439. The molecule has 6 heteroatoms. The van der Waals surface area contributed by atoms with Crippen LogP contribution in [0.15, 0.2) is 12.4 Å². The highest BCUT2D eigenvalue weighted by molar-refractivity contribution is 6.29. The molecule has 0 aromatic carbocycles. The molecule has 0 spiro atoms. The van der Waals surface area contributed by atoms with Crippen molar-refractivity contribution >= 4 is 17.4 Å². The molecule has 0 saturated carbocycles. The topological polar surface area (TPSA) is 41.5 Å². The molecule has 20 heavy (non-hydrogen) atoms. The van der Waals surface area contributed by atoms with E-state index in [-0.39, 0.29) is 0 Å². The van der Waals surface area contributed by atoms with Gasteiger partial charge in [0.05, 0.1) is 25.6 Å². The van der Waals surface area contributed by atoms with Crippen LogP contribution in [0.2, 0.25) is 5.15 Å². The number of aromatic nitrogens is 2. The Labute approximate surface area is 124 Å². The molecular formula is C14H21ClN4O. The Morgan fingerprint density at radius 3 is 2.90 bits per heavy atom. The van der Waals surface area contributed by atoms with Gasteiger partial charge in [0.2, 0.25) is 0 Å². The second kappa shape index (κ2) is 6.70. The second-order valence-corrected chi connectivity index (χ2v) is 5.95. The number of morpholine rings is 1. The fourth-order valence-electron chi connectivity index (χ4n) is 3.06. The standard InChI is InChI=1S/C14H21ClN4O/c15-13-8-16-9-14(17-13)19-3-1-2-12(11-19)10-18-4-6-20-7-5-18/h8-9,12H,1-7,10-11H2. The lowest BCUT2D eigenvalue weighted by Gasteiger charge is -2.37. The molecular weight excluding hydrogens is 276 g/mol. The van der Waals surface area contributed by atoms with Crippen molar-refractivity contribution < 1.29 is 4.74 Å². The second-order valence-electron chi connectivity index (χ2n) is 5.57. The molecule has 1 atom stereocenters. The first-order valence-electron chi connectivity index (χ1n) is 7.34. The summed E-state index contributed by atoms with van der Waals surface area (Å²) in [4.78, 5) is 13.3. The minimum Gasteiger partial charge on any atom is -0.379 e. The van der Waals surface area contributed by atoms with Gasteiger partial charge in [0, 0.05) is 32.7 Å². The Morgan fingerprint density at radius 2 is 2.10 bits per heavy atom. The van der Waals surface area contributed by atoms with Crippen LogP contribution in [0.1, 0.15) is 12.8 Å². The van der Waals surface area contributed by atoms with Crippen LogP contribution in [0, 0.1) is 5.92 Å². The van der Waals surface area contributed by atoms with Crippen LogP contribution in [0.4, 0.5) is 5.82 Å². The van der Waals surface area contributed by atoms with Crippen molar-refractivity contribution in [3.63, 3.8) is 0 Å². The van der Waals surface area contributed by atoms with E-state index in [9.17, 15) is 0 Å². The number of halogens is 1. The zero-order chi connectivity index (χ0) is 13.8. The Kier molecular flexibility index (Phi) is 4.70. The fraction of sp³-hybridized carbons (Fsp3) is 0.714. The molecule has 0 bridgehead atoms. The lowest BCUT2D eigenvalue weighted by atomic mass is 9.97. The predicted molar refractivity (Wildman–Crippen MR) is 79.2 cm³/mol. The Morgan fingerprint density at radius 1 is 1.25 bits per heavy atom. The van der Waals surface area contributed by atoms with Gasteiger partial charge in [0.25, 0.3) is 0 Å². The minimum atomic E-state index is 0.470. The van der Waals surface area contributed by atoms with Crippen LogP contribution >= 0.6 is 11.6 Å². The van der Waals surface area contributed by atoms with E-state index in [1.54, 1.807) is 6.20 Å². The molecule has 5 nitrogen and oxygen atoms in total. The third kappa shape index (κ3) is 3.59. The Balaban J connectivity index is 1.58. The zero-order valence-corrected chi connectivity index (χ0v) is 12.4. The molecule has 1 aromatic rings. The molecule has 110 valence electrons. The van der Waals surface area contributed by atoms with Gasteiger partial charge in [-0.2, -0.15) is 0 Å². The summed E-state index contributed by atoms with van der Waals surface area (Å²) in [5.41, 5.74) is 0. The van der Waals surface area contributed by atoms with Gasteiger partial charge in [-0.15, -0.1) is 0 Å². The van der Waals surface area contributed by atoms with Crippen LogP contribution in [0.5, 0.6) is 0 Å². The summed E-state index contributed by atoms with van der Waals surface area (Å²) in [6.07, 6.45) is 5.90. The summed E-state index contributed by atoms with van der Waals surface area (Å²) in [6.45, 7) is 7.13. The van der Waals surface area contributed by atoms with E-state index in [4.69, 9.17) is 16.3 Å². The quantitative estimate of drug-likeness (QED) is 0.849. The number of hydrogen-bond donors (Lipinski definition) is 0. The molecule has 0 aliphatic carbocycles. The molecule has 1 unspecified atom stereocenters.